The van der Waals surface area contributed by atoms with Crippen molar-refractivity contribution in [1.29, 1.82) is 0 Å². The Morgan fingerprint density at radius 1 is 1.32 bits per heavy atom. The quantitative estimate of drug-likeness (QED) is 0.569. The Kier molecular flexibility index (Phi) is 7.69. The second-order valence-electron chi connectivity index (χ2n) is 5.10. The van der Waals surface area contributed by atoms with Crippen LogP contribution in [0.15, 0.2) is 18.2 Å². The van der Waals surface area contributed by atoms with Crippen molar-refractivity contribution in [2.24, 2.45) is 0 Å². The van der Waals surface area contributed by atoms with Crippen LogP contribution in [0, 0.1) is 0 Å². The van der Waals surface area contributed by atoms with Crippen molar-refractivity contribution >= 4 is 46.2 Å². The molecule has 0 radical (unpaired) electrons. The molecule has 1 aliphatic rings. The molecule has 0 spiro atoms. The molecule has 4 nitrogen and oxygen atoms in total. The number of hydrogen-bond acceptors (Lipinski definition) is 3. The van der Waals surface area contributed by atoms with Gasteiger partial charge in [-0.25, -0.2) is 0 Å². The summed E-state index contributed by atoms with van der Waals surface area (Å²) in [5.41, 5.74) is 0.768. The van der Waals surface area contributed by atoms with Gasteiger partial charge in [0.15, 0.2) is 5.11 Å². The molecule has 0 aromatic heterocycles. The molecular weight excluding hydrogens is 343 g/mol. The van der Waals surface area contributed by atoms with Gasteiger partial charge in [0.2, 0.25) is 0 Å². The van der Waals surface area contributed by atoms with E-state index in [1.165, 1.54) is 0 Å². The molecular formula is C15H20Cl2N2O2S. The number of thiocarbonyl (C=S) groups is 1. The molecule has 1 aromatic carbocycles. The molecule has 1 aliphatic heterocycles. The number of nitrogens with one attached hydrogen (secondary N) is 2. The second kappa shape index (κ2) is 9.53. The van der Waals surface area contributed by atoms with Crippen molar-refractivity contribution < 1.29 is 9.47 Å². The molecule has 0 aliphatic carbocycles. The first-order chi connectivity index (χ1) is 10.6. The number of anilines is 1. The van der Waals surface area contributed by atoms with Crippen molar-refractivity contribution in [3.63, 3.8) is 0 Å². The molecule has 1 fully saturated rings. The molecule has 0 unspecified atom stereocenters. The summed E-state index contributed by atoms with van der Waals surface area (Å²) in [5.74, 6) is 0. The van der Waals surface area contributed by atoms with E-state index in [9.17, 15) is 0 Å². The second-order valence-corrected chi connectivity index (χ2v) is 6.38. The van der Waals surface area contributed by atoms with Crippen LogP contribution in [0.1, 0.15) is 19.3 Å². The fourth-order valence-electron chi connectivity index (χ4n) is 2.17. The van der Waals surface area contributed by atoms with Crippen LogP contribution in [0.3, 0.4) is 0 Å². The maximum atomic E-state index is 5.93. The van der Waals surface area contributed by atoms with Crippen molar-refractivity contribution in [3.8, 4) is 0 Å². The normalized spacial score (nSPS) is 17.5. The fraction of sp³-hybridized carbons (Fsp3) is 0.533. The minimum atomic E-state index is 0.281. The first kappa shape index (κ1) is 17.8. The van der Waals surface area contributed by atoms with Crippen LogP contribution in [0.5, 0.6) is 0 Å². The van der Waals surface area contributed by atoms with Gasteiger partial charge in [0.05, 0.1) is 12.7 Å². The smallest absolute Gasteiger partial charge is 0.170 e. The SMILES string of the molecule is S=C(NCCCOC[C@H]1CCCO1)Nc1cc(Cl)cc(Cl)c1. The van der Waals surface area contributed by atoms with Crippen molar-refractivity contribution in [1.82, 2.24) is 5.32 Å². The van der Waals surface area contributed by atoms with Gasteiger partial charge in [-0.1, -0.05) is 23.2 Å². The van der Waals surface area contributed by atoms with E-state index in [-0.39, 0.29) is 6.10 Å². The van der Waals surface area contributed by atoms with E-state index in [0.717, 1.165) is 38.1 Å². The van der Waals surface area contributed by atoms with Crippen LogP contribution >= 0.6 is 35.4 Å². The molecule has 1 heterocycles. The van der Waals surface area contributed by atoms with E-state index < -0.39 is 0 Å². The molecule has 1 saturated heterocycles. The molecule has 2 rings (SSSR count). The highest BCUT2D eigenvalue weighted by atomic mass is 35.5. The minimum Gasteiger partial charge on any atom is -0.379 e. The molecule has 122 valence electrons. The monoisotopic (exact) mass is 362 g/mol. The first-order valence-corrected chi connectivity index (χ1v) is 8.50. The van der Waals surface area contributed by atoms with Gasteiger partial charge in [-0.15, -0.1) is 0 Å². The number of ether oxygens (including phenoxy) is 2. The van der Waals surface area contributed by atoms with Gasteiger partial charge < -0.3 is 20.1 Å². The van der Waals surface area contributed by atoms with Crippen LogP contribution in [0.25, 0.3) is 0 Å². The van der Waals surface area contributed by atoms with Crippen LogP contribution in [-0.4, -0.2) is 37.6 Å². The van der Waals surface area contributed by atoms with Crippen LogP contribution in [0.4, 0.5) is 5.69 Å². The standard InChI is InChI=1S/C15H20Cl2N2O2S/c16-11-7-12(17)9-13(8-11)19-15(22)18-4-2-5-20-10-14-3-1-6-21-14/h7-9,14H,1-6,10H2,(H2,18,19,22)/t14-/m1/s1. The summed E-state index contributed by atoms with van der Waals surface area (Å²) in [7, 11) is 0. The van der Waals surface area contributed by atoms with E-state index in [0.29, 0.717) is 28.4 Å². The number of hydrogen-bond donors (Lipinski definition) is 2. The van der Waals surface area contributed by atoms with Crippen molar-refractivity contribution in [2.45, 2.75) is 25.4 Å². The Morgan fingerprint density at radius 3 is 2.77 bits per heavy atom. The summed E-state index contributed by atoms with van der Waals surface area (Å²) in [4.78, 5) is 0. The van der Waals surface area contributed by atoms with Gasteiger partial charge in [-0.3, -0.25) is 0 Å². The first-order valence-electron chi connectivity index (χ1n) is 7.34. The summed E-state index contributed by atoms with van der Waals surface area (Å²) in [6.07, 6.45) is 3.41. The molecule has 0 amide bonds. The fourth-order valence-corrected chi connectivity index (χ4v) is 2.91. The Balaban J connectivity index is 1.55. The third-order valence-corrected chi connectivity index (χ3v) is 3.88. The largest absolute Gasteiger partial charge is 0.379 e. The summed E-state index contributed by atoms with van der Waals surface area (Å²) < 4.78 is 11.1. The molecule has 2 N–H and O–H groups in total. The van der Waals surface area contributed by atoms with Crippen molar-refractivity contribution in [3.05, 3.63) is 28.2 Å². The molecule has 0 saturated carbocycles. The lowest BCUT2D eigenvalue weighted by atomic mass is 10.2. The van der Waals surface area contributed by atoms with Crippen LogP contribution in [-0.2, 0) is 9.47 Å². The Labute approximate surface area is 146 Å². The summed E-state index contributed by atoms with van der Waals surface area (Å²) in [5, 5.41) is 7.85. The van der Waals surface area contributed by atoms with Crippen LogP contribution in [0.2, 0.25) is 10.0 Å². The zero-order valence-corrected chi connectivity index (χ0v) is 14.6. The number of rotatable bonds is 7. The highest BCUT2D eigenvalue weighted by molar-refractivity contribution is 7.80. The predicted molar refractivity (Wildman–Crippen MR) is 95.1 cm³/mol. The summed E-state index contributed by atoms with van der Waals surface area (Å²) >= 11 is 17.1. The number of halogens is 2. The van der Waals surface area contributed by atoms with E-state index in [1.807, 2.05) is 0 Å². The van der Waals surface area contributed by atoms with Gasteiger partial charge in [-0.05, 0) is 49.7 Å². The lowest BCUT2D eigenvalue weighted by Gasteiger charge is -2.12. The lowest BCUT2D eigenvalue weighted by molar-refractivity contribution is 0.0168. The minimum absolute atomic E-state index is 0.281. The third kappa shape index (κ3) is 6.67. The van der Waals surface area contributed by atoms with E-state index >= 15 is 0 Å². The van der Waals surface area contributed by atoms with Gasteiger partial charge in [0.25, 0.3) is 0 Å². The van der Waals surface area contributed by atoms with Crippen LogP contribution < -0.4 is 10.6 Å². The van der Waals surface area contributed by atoms with Gasteiger partial charge >= 0.3 is 0 Å². The van der Waals surface area contributed by atoms with Gasteiger partial charge in [0, 0.05) is 35.5 Å². The molecule has 1 atom stereocenters. The zero-order valence-electron chi connectivity index (χ0n) is 12.2. The Hall–Kier alpha value is -0.590. The van der Waals surface area contributed by atoms with E-state index in [2.05, 4.69) is 10.6 Å². The topological polar surface area (TPSA) is 42.5 Å². The summed E-state index contributed by atoms with van der Waals surface area (Å²) in [6, 6.07) is 5.22. The average Bonchev–Trinajstić information content (AvgIpc) is 2.94. The maximum Gasteiger partial charge on any atom is 0.170 e. The number of benzene rings is 1. The maximum absolute atomic E-state index is 5.93. The Morgan fingerprint density at radius 2 is 2.09 bits per heavy atom. The van der Waals surface area contributed by atoms with Gasteiger partial charge in [-0.2, -0.15) is 0 Å². The molecule has 22 heavy (non-hydrogen) atoms. The molecule has 1 aromatic rings. The van der Waals surface area contributed by atoms with E-state index in [4.69, 9.17) is 44.9 Å². The van der Waals surface area contributed by atoms with E-state index in [1.54, 1.807) is 18.2 Å². The molecule has 7 heteroatoms. The third-order valence-electron chi connectivity index (χ3n) is 3.20. The highest BCUT2D eigenvalue weighted by Gasteiger charge is 2.14. The van der Waals surface area contributed by atoms with Gasteiger partial charge in [0.1, 0.15) is 0 Å². The predicted octanol–water partition coefficient (Wildman–Crippen LogP) is 3.87. The zero-order chi connectivity index (χ0) is 15.8. The Bertz CT molecular complexity index is 476. The van der Waals surface area contributed by atoms with Crippen molar-refractivity contribution in [2.75, 3.05) is 31.7 Å². The highest BCUT2D eigenvalue weighted by Crippen LogP contribution is 2.22. The molecule has 0 bridgehead atoms. The lowest BCUT2D eigenvalue weighted by Crippen LogP contribution is -2.30. The average molecular weight is 363 g/mol. The summed E-state index contributed by atoms with van der Waals surface area (Å²) in [6.45, 7) is 2.98.